The first kappa shape index (κ1) is 17.2. The van der Waals surface area contributed by atoms with E-state index in [1.165, 1.54) is 18.1 Å². The molecule has 4 nitrogen and oxygen atoms in total. The zero-order chi connectivity index (χ0) is 15.5. The van der Waals surface area contributed by atoms with Gasteiger partial charge < -0.3 is 15.4 Å². The minimum atomic E-state index is -0.0398. The zero-order valence-corrected chi connectivity index (χ0v) is 13.1. The number of carbonyl (C=O) groups is 1. The van der Waals surface area contributed by atoms with Gasteiger partial charge in [-0.25, -0.2) is 0 Å². The topological polar surface area (TPSA) is 50.4 Å². The number of aryl methyl sites for hydroxylation is 1. The van der Waals surface area contributed by atoms with E-state index in [0.717, 1.165) is 31.7 Å². The largest absolute Gasteiger partial charge is 0.497 e. The van der Waals surface area contributed by atoms with Crippen LogP contribution < -0.4 is 10.6 Å². The van der Waals surface area contributed by atoms with E-state index in [1.807, 2.05) is 0 Å². The Labute approximate surface area is 127 Å². The molecule has 21 heavy (non-hydrogen) atoms. The number of amides is 1. The summed E-state index contributed by atoms with van der Waals surface area (Å²) in [6.07, 6.45) is 1.81. The molecule has 1 amide bonds. The van der Waals surface area contributed by atoms with Crippen molar-refractivity contribution in [2.75, 3.05) is 26.2 Å². The molecule has 0 radical (unpaired) electrons. The Morgan fingerprint density at radius 2 is 1.90 bits per heavy atom. The average molecular weight is 290 g/mol. The van der Waals surface area contributed by atoms with Gasteiger partial charge in [-0.1, -0.05) is 36.4 Å². The van der Waals surface area contributed by atoms with Crippen molar-refractivity contribution in [3.8, 4) is 0 Å². The Bertz CT molecular complexity index is 441. The summed E-state index contributed by atoms with van der Waals surface area (Å²) >= 11 is 0. The van der Waals surface area contributed by atoms with Crippen LogP contribution in [0.4, 0.5) is 0 Å². The normalized spacial score (nSPS) is 10.2. The molecule has 0 aliphatic carbocycles. The smallest absolute Gasteiger partial charge is 0.216 e. The van der Waals surface area contributed by atoms with Crippen LogP contribution >= 0.6 is 0 Å². The highest BCUT2D eigenvalue weighted by atomic mass is 16.5. The fourth-order valence-electron chi connectivity index (χ4n) is 1.83. The molecule has 0 atom stereocenters. The minimum Gasteiger partial charge on any atom is -0.497 e. The number of benzene rings is 1. The molecule has 1 rings (SSSR count). The average Bonchev–Trinajstić information content (AvgIpc) is 2.45. The zero-order valence-electron chi connectivity index (χ0n) is 13.1. The van der Waals surface area contributed by atoms with E-state index in [0.29, 0.717) is 13.2 Å². The quantitative estimate of drug-likeness (QED) is 0.513. The third kappa shape index (κ3) is 8.87. The first-order valence-corrected chi connectivity index (χ1v) is 7.39. The first-order chi connectivity index (χ1) is 10.1. The van der Waals surface area contributed by atoms with Gasteiger partial charge in [-0.05, 0) is 25.5 Å². The van der Waals surface area contributed by atoms with Crippen LogP contribution in [0.1, 0.15) is 24.5 Å². The predicted molar refractivity (Wildman–Crippen MR) is 86.1 cm³/mol. The van der Waals surface area contributed by atoms with Crippen LogP contribution in [0.2, 0.25) is 0 Å². The standard InChI is InChI=1S/C17H26N2O2/c1-14-4-6-17(7-5-14)9-11-18-10-8-15(2)21-13-12-19-16(3)20/h4-7,18H,2,8-13H2,1,3H3,(H,19,20). The molecule has 0 aromatic heterocycles. The molecule has 0 bridgehead atoms. The van der Waals surface area contributed by atoms with E-state index in [9.17, 15) is 4.79 Å². The Hall–Kier alpha value is -1.81. The highest BCUT2D eigenvalue weighted by Gasteiger charge is 1.97. The Kier molecular flexibility index (Phi) is 8.21. The van der Waals surface area contributed by atoms with Crippen LogP contribution in [0.3, 0.4) is 0 Å². The molecule has 116 valence electrons. The Morgan fingerprint density at radius 3 is 2.57 bits per heavy atom. The molecular weight excluding hydrogens is 264 g/mol. The van der Waals surface area contributed by atoms with Gasteiger partial charge in [0.05, 0.1) is 12.3 Å². The lowest BCUT2D eigenvalue weighted by Gasteiger charge is -2.10. The van der Waals surface area contributed by atoms with Gasteiger partial charge in [-0.15, -0.1) is 0 Å². The molecule has 0 saturated carbocycles. The molecule has 0 saturated heterocycles. The lowest BCUT2D eigenvalue weighted by Crippen LogP contribution is -2.24. The maximum absolute atomic E-state index is 10.7. The third-order valence-electron chi connectivity index (χ3n) is 3.07. The number of hydrogen-bond donors (Lipinski definition) is 2. The number of rotatable bonds is 10. The highest BCUT2D eigenvalue weighted by molar-refractivity contribution is 5.72. The summed E-state index contributed by atoms with van der Waals surface area (Å²) in [5.41, 5.74) is 2.64. The predicted octanol–water partition coefficient (Wildman–Crippen LogP) is 2.18. The molecule has 0 heterocycles. The number of hydrogen-bond acceptors (Lipinski definition) is 3. The molecule has 1 aromatic rings. The number of ether oxygens (including phenoxy) is 1. The van der Waals surface area contributed by atoms with Crippen LogP contribution in [-0.2, 0) is 16.0 Å². The fourth-order valence-corrected chi connectivity index (χ4v) is 1.83. The van der Waals surface area contributed by atoms with Crippen LogP contribution in [0.25, 0.3) is 0 Å². The van der Waals surface area contributed by atoms with Gasteiger partial charge in [0.15, 0.2) is 0 Å². The van der Waals surface area contributed by atoms with Gasteiger partial charge in [0.2, 0.25) is 5.91 Å². The second-order valence-corrected chi connectivity index (χ2v) is 5.11. The summed E-state index contributed by atoms with van der Waals surface area (Å²) in [5.74, 6) is 0.713. The van der Waals surface area contributed by atoms with Crippen molar-refractivity contribution in [3.05, 3.63) is 47.7 Å². The Morgan fingerprint density at radius 1 is 1.19 bits per heavy atom. The second-order valence-electron chi connectivity index (χ2n) is 5.11. The summed E-state index contributed by atoms with van der Waals surface area (Å²) in [7, 11) is 0. The van der Waals surface area contributed by atoms with Gasteiger partial charge in [0.1, 0.15) is 6.61 Å². The summed E-state index contributed by atoms with van der Waals surface area (Å²) in [6.45, 7) is 10.2. The van der Waals surface area contributed by atoms with Crippen molar-refractivity contribution in [3.63, 3.8) is 0 Å². The summed E-state index contributed by atoms with van der Waals surface area (Å²) in [6, 6.07) is 8.61. The van der Waals surface area contributed by atoms with Gasteiger partial charge in [0, 0.05) is 19.9 Å². The van der Waals surface area contributed by atoms with Crippen LogP contribution in [0.15, 0.2) is 36.6 Å². The third-order valence-corrected chi connectivity index (χ3v) is 3.07. The molecular formula is C17H26N2O2. The van der Waals surface area contributed by atoms with Gasteiger partial charge in [-0.3, -0.25) is 4.79 Å². The van der Waals surface area contributed by atoms with Crippen LogP contribution in [-0.4, -0.2) is 32.1 Å². The van der Waals surface area contributed by atoms with Gasteiger partial charge in [0.25, 0.3) is 0 Å². The molecule has 0 unspecified atom stereocenters. The van der Waals surface area contributed by atoms with Crippen molar-refractivity contribution in [2.45, 2.75) is 26.7 Å². The lowest BCUT2D eigenvalue weighted by molar-refractivity contribution is -0.119. The van der Waals surface area contributed by atoms with Crippen molar-refractivity contribution >= 4 is 5.91 Å². The summed E-state index contributed by atoms with van der Waals surface area (Å²) in [4.78, 5) is 10.7. The van der Waals surface area contributed by atoms with Crippen LogP contribution in [0.5, 0.6) is 0 Å². The molecule has 0 aliphatic rings. The van der Waals surface area contributed by atoms with Crippen molar-refractivity contribution in [1.29, 1.82) is 0 Å². The maximum atomic E-state index is 10.7. The van der Waals surface area contributed by atoms with E-state index in [2.05, 4.69) is 48.4 Å². The summed E-state index contributed by atoms with van der Waals surface area (Å²) < 4.78 is 5.42. The van der Waals surface area contributed by atoms with Crippen LogP contribution in [0, 0.1) is 6.92 Å². The minimum absolute atomic E-state index is 0.0398. The fraction of sp³-hybridized carbons (Fsp3) is 0.471. The molecule has 0 spiro atoms. The summed E-state index contributed by atoms with van der Waals surface area (Å²) in [5, 5.41) is 6.06. The second kappa shape index (κ2) is 10.00. The van der Waals surface area contributed by atoms with Gasteiger partial charge >= 0.3 is 0 Å². The monoisotopic (exact) mass is 290 g/mol. The van der Waals surface area contributed by atoms with Crippen molar-refractivity contribution in [1.82, 2.24) is 10.6 Å². The lowest BCUT2D eigenvalue weighted by atomic mass is 10.1. The van der Waals surface area contributed by atoms with E-state index >= 15 is 0 Å². The number of nitrogens with one attached hydrogen (secondary N) is 2. The molecule has 1 aromatic carbocycles. The maximum Gasteiger partial charge on any atom is 0.216 e. The highest BCUT2D eigenvalue weighted by Crippen LogP contribution is 2.03. The molecule has 4 heteroatoms. The SMILES string of the molecule is C=C(CCNCCc1ccc(C)cc1)OCCNC(C)=O. The molecule has 0 fully saturated rings. The van der Waals surface area contributed by atoms with E-state index < -0.39 is 0 Å². The van der Waals surface area contributed by atoms with Gasteiger partial charge in [-0.2, -0.15) is 0 Å². The first-order valence-electron chi connectivity index (χ1n) is 7.39. The molecule has 2 N–H and O–H groups in total. The van der Waals surface area contributed by atoms with E-state index in [-0.39, 0.29) is 5.91 Å². The molecule has 0 aliphatic heterocycles. The Balaban J connectivity index is 1.99. The van der Waals surface area contributed by atoms with E-state index in [1.54, 1.807) is 0 Å². The number of carbonyl (C=O) groups excluding carboxylic acids is 1. The van der Waals surface area contributed by atoms with Crippen molar-refractivity contribution < 1.29 is 9.53 Å². The van der Waals surface area contributed by atoms with E-state index in [4.69, 9.17) is 4.74 Å². The van der Waals surface area contributed by atoms with Crippen molar-refractivity contribution in [2.24, 2.45) is 0 Å².